The largest absolute Gasteiger partial charge is 0.382 e. The molecule has 0 bridgehead atoms. The molecule has 0 fully saturated rings. The number of hydrogen-bond acceptors (Lipinski definition) is 5. The summed E-state index contributed by atoms with van der Waals surface area (Å²) in [7, 11) is 4.08. The molecule has 0 aliphatic carbocycles. The third-order valence-electron chi connectivity index (χ3n) is 2.41. The zero-order valence-electron chi connectivity index (χ0n) is 10.6. The monoisotopic (exact) mass is 257 g/mol. The van der Waals surface area contributed by atoms with Gasteiger partial charge in [-0.05, 0) is 20.5 Å². The lowest BCUT2D eigenvalue weighted by atomic mass is 10.3. The van der Waals surface area contributed by atoms with Crippen LogP contribution in [0.1, 0.15) is 13.3 Å². The van der Waals surface area contributed by atoms with Gasteiger partial charge in [0.25, 0.3) is 0 Å². The molecule has 0 unspecified atom stereocenters. The summed E-state index contributed by atoms with van der Waals surface area (Å²) < 4.78 is 0. The fourth-order valence-corrected chi connectivity index (χ4v) is 1.73. The van der Waals surface area contributed by atoms with Gasteiger partial charge in [-0.15, -0.1) is 0 Å². The summed E-state index contributed by atoms with van der Waals surface area (Å²) in [4.78, 5) is 12.4. The van der Waals surface area contributed by atoms with Crippen LogP contribution in [0.25, 0.3) is 0 Å². The van der Waals surface area contributed by atoms with E-state index in [9.17, 15) is 0 Å². The first-order valence-corrected chi connectivity index (χ1v) is 6.09. The molecule has 1 aromatic rings. The van der Waals surface area contributed by atoms with Gasteiger partial charge in [-0.25, -0.2) is 9.97 Å². The molecular weight excluding hydrogens is 238 g/mol. The van der Waals surface area contributed by atoms with E-state index in [4.69, 9.17) is 17.3 Å². The van der Waals surface area contributed by atoms with Gasteiger partial charge in [0.1, 0.15) is 17.2 Å². The summed E-state index contributed by atoms with van der Waals surface area (Å²) in [6, 6.07) is 0. The summed E-state index contributed by atoms with van der Waals surface area (Å²) in [5.41, 5.74) is 5.69. The van der Waals surface area contributed by atoms with Gasteiger partial charge in [0.05, 0.1) is 0 Å². The Balaban J connectivity index is 2.85. The fraction of sp³-hybridized carbons (Fsp3) is 0.636. The average molecular weight is 258 g/mol. The van der Waals surface area contributed by atoms with E-state index in [1.807, 2.05) is 14.1 Å². The minimum atomic E-state index is 0.336. The second kappa shape index (κ2) is 6.61. The number of nitrogens with two attached hydrogens (primary N) is 1. The minimum absolute atomic E-state index is 0.336. The molecule has 1 rings (SSSR count). The van der Waals surface area contributed by atoms with Crippen molar-refractivity contribution >= 4 is 23.2 Å². The van der Waals surface area contributed by atoms with E-state index in [2.05, 4.69) is 26.7 Å². The first-order valence-electron chi connectivity index (χ1n) is 5.72. The molecule has 2 N–H and O–H groups in total. The average Bonchev–Trinajstić information content (AvgIpc) is 2.28. The normalized spacial score (nSPS) is 10.9. The molecule has 0 aliphatic heterocycles. The van der Waals surface area contributed by atoms with Crippen molar-refractivity contribution in [3.8, 4) is 0 Å². The van der Waals surface area contributed by atoms with Crippen LogP contribution in [0.2, 0.25) is 5.02 Å². The van der Waals surface area contributed by atoms with Crippen LogP contribution in [0.3, 0.4) is 0 Å². The van der Waals surface area contributed by atoms with Crippen LogP contribution < -0.4 is 10.6 Å². The highest BCUT2D eigenvalue weighted by Gasteiger charge is 2.13. The van der Waals surface area contributed by atoms with E-state index in [1.54, 1.807) is 0 Å². The third kappa shape index (κ3) is 4.02. The van der Waals surface area contributed by atoms with E-state index in [-0.39, 0.29) is 0 Å². The Bertz CT molecular complexity index is 356. The number of hydrogen-bond donors (Lipinski definition) is 1. The topological polar surface area (TPSA) is 58.3 Å². The molecule has 0 atom stereocenters. The van der Waals surface area contributed by atoms with Crippen molar-refractivity contribution < 1.29 is 0 Å². The van der Waals surface area contributed by atoms with Gasteiger partial charge in [0.15, 0.2) is 5.82 Å². The summed E-state index contributed by atoms with van der Waals surface area (Å²) in [5.74, 6) is 1.06. The van der Waals surface area contributed by atoms with E-state index >= 15 is 0 Å². The SMILES string of the molecule is CCCN(CCN(C)C)c1ncnc(N)c1Cl. The van der Waals surface area contributed by atoms with Gasteiger partial charge in [0, 0.05) is 19.6 Å². The van der Waals surface area contributed by atoms with E-state index in [0.717, 1.165) is 31.9 Å². The van der Waals surface area contributed by atoms with Gasteiger partial charge in [-0.2, -0.15) is 0 Å². The zero-order valence-corrected chi connectivity index (χ0v) is 11.4. The summed E-state index contributed by atoms with van der Waals surface area (Å²) in [6.45, 7) is 4.85. The summed E-state index contributed by atoms with van der Waals surface area (Å²) >= 11 is 6.13. The van der Waals surface area contributed by atoms with Crippen molar-refractivity contribution in [2.45, 2.75) is 13.3 Å². The van der Waals surface area contributed by atoms with Crippen LogP contribution in [0, 0.1) is 0 Å². The Morgan fingerprint density at radius 2 is 1.94 bits per heavy atom. The molecule has 96 valence electrons. The summed E-state index contributed by atoms with van der Waals surface area (Å²) in [6.07, 6.45) is 2.49. The zero-order chi connectivity index (χ0) is 12.8. The molecule has 0 amide bonds. The Hall–Kier alpha value is -1.07. The van der Waals surface area contributed by atoms with Crippen LogP contribution >= 0.6 is 11.6 Å². The molecule has 0 aromatic carbocycles. The quantitative estimate of drug-likeness (QED) is 0.837. The lowest BCUT2D eigenvalue weighted by Gasteiger charge is -2.25. The number of aromatic nitrogens is 2. The number of nitrogens with zero attached hydrogens (tertiary/aromatic N) is 4. The minimum Gasteiger partial charge on any atom is -0.382 e. The molecule has 0 saturated carbocycles. The second-order valence-corrected chi connectivity index (χ2v) is 4.56. The molecule has 0 radical (unpaired) electrons. The Kier molecular flexibility index (Phi) is 5.44. The highest BCUT2D eigenvalue weighted by Crippen LogP contribution is 2.26. The molecule has 0 spiro atoms. The van der Waals surface area contributed by atoms with Crippen LogP contribution in [0.4, 0.5) is 11.6 Å². The highest BCUT2D eigenvalue weighted by atomic mass is 35.5. The van der Waals surface area contributed by atoms with Crippen molar-refractivity contribution in [1.29, 1.82) is 0 Å². The van der Waals surface area contributed by atoms with E-state index in [0.29, 0.717) is 10.8 Å². The van der Waals surface area contributed by atoms with Gasteiger partial charge in [0.2, 0.25) is 0 Å². The van der Waals surface area contributed by atoms with Crippen molar-refractivity contribution in [2.75, 3.05) is 44.4 Å². The lowest BCUT2D eigenvalue weighted by molar-refractivity contribution is 0.412. The maximum Gasteiger partial charge on any atom is 0.153 e. The Labute approximate surface area is 108 Å². The molecule has 1 aromatic heterocycles. The molecule has 0 aliphatic rings. The second-order valence-electron chi connectivity index (χ2n) is 4.19. The molecule has 6 heteroatoms. The predicted molar refractivity (Wildman–Crippen MR) is 72.5 cm³/mol. The van der Waals surface area contributed by atoms with Gasteiger partial charge < -0.3 is 15.5 Å². The number of rotatable bonds is 6. The number of nitrogen functional groups attached to an aromatic ring is 1. The molecule has 1 heterocycles. The lowest BCUT2D eigenvalue weighted by Crippen LogP contribution is -2.33. The van der Waals surface area contributed by atoms with E-state index in [1.165, 1.54) is 6.33 Å². The van der Waals surface area contributed by atoms with Crippen molar-refractivity contribution in [3.63, 3.8) is 0 Å². The van der Waals surface area contributed by atoms with Crippen molar-refractivity contribution in [1.82, 2.24) is 14.9 Å². The Morgan fingerprint density at radius 1 is 1.24 bits per heavy atom. The third-order valence-corrected chi connectivity index (χ3v) is 2.77. The smallest absolute Gasteiger partial charge is 0.153 e. The Morgan fingerprint density at radius 3 is 2.53 bits per heavy atom. The molecule has 0 saturated heterocycles. The molecular formula is C11H20ClN5. The van der Waals surface area contributed by atoms with Crippen LogP contribution in [-0.2, 0) is 0 Å². The molecule has 5 nitrogen and oxygen atoms in total. The first-order chi connectivity index (χ1) is 8.06. The van der Waals surface area contributed by atoms with Crippen LogP contribution in [-0.4, -0.2) is 48.6 Å². The maximum absolute atomic E-state index is 6.13. The summed E-state index contributed by atoms with van der Waals surface area (Å²) in [5, 5.41) is 0.444. The van der Waals surface area contributed by atoms with Crippen molar-refractivity contribution in [3.05, 3.63) is 11.3 Å². The number of likely N-dealkylation sites (N-methyl/N-ethyl adjacent to an activating group) is 1. The number of anilines is 2. The van der Waals surface area contributed by atoms with Crippen LogP contribution in [0.15, 0.2) is 6.33 Å². The maximum atomic E-state index is 6.13. The highest BCUT2D eigenvalue weighted by molar-refractivity contribution is 6.35. The van der Waals surface area contributed by atoms with Gasteiger partial charge in [-0.3, -0.25) is 0 Å². The van der Waals surface area contributed by atoms with Gasteiger partial charge in [-0.1, -0.05) is 18.5 Å². The standard InChI is InChI=1S/C11H20ClN5/c1-4-5-17(7-6-16(2)3)11-9(12)10(13)14-8-15-11/h8H,4-7H2,1-3H3,(H2,13,14,15). The fourth-order valence-electron chi connectivity index (χ4n) is 1.51. The number of halogens is 1. The van der Waals surface area contributed by atoms with Gasteiger partial charge >= 0.3 is 0 Å². The van der Waals surface area contributed by atoms with Crippen molar-refractivity contribution in [2.24, 2.45) is 0 Å². The van der Waals surface area contributed by atoms with E-state index < -0.39 is 0 Å². The van der Waals surface area contributed by atoms with Crippen LogP contribution in [0.5, 0.6) is 0 Å². The first kappa shape index (κ1) is 14.0. The predicted octanol–water partition coefficient (Wildman–Crippen LogP) is 1.49. The molecule has 17 heavy (non-hydrogen) atoms.